The lowest BCUT2D eigenvalue weighted by atomic mass is 10.2. The molecule has 4 rings (SSSR count). The molecule has 2 aromatic rings. The average Bonchev–Trinajstić information content (AvgIpc) is 2.84. The Kier molecular flexibility index (Phi) is 5.10. The van der Waals surface area contributed by atoms with Crippen LogP contribution in [0.4, 0.5) is 0 Å². The van der Waals surface area contributed by atoms with E-state index in [1.165, 1.54) is 5.56 Å². The summed E-state index contributed by atoms with van der Waals surface area (Å²) >= 11 is 0. The van der Waals surface area contributed by atoms with Crippen molar-refractivity contribution in [3.8, 4) is 0 Å². The Bertz CT molecular complexity index is 686. The van der Waals surface area contributed by atoms with E-state index < -0.39 is 0 Å². The van der Waals surface area contributed by atoms with Crippen molar-refractivity contribution < 1.29 is 4.74 Å². The lowest BCUT2D eigenvalue weighted by molar-refractivity contribution is 0.0187. The van der Waals surface area contributed by atoms with Gasteiger partial charge >= 0.3 is 0 Å². The summed E-state index contributed by atoms with van der Waals surface area (Å²) in [7, 11) is 0. The van der Waals surface area contributed by atoms with Crippen molar-refractivity contribution in [1.29, 1.82) is 0 Å². The summed E-state index contributed by atoms with van der Waals surface area (Å²) in [6.07, 6.45) is 1.37. The quantitative estimate of drug-likeness (QED) is 0.847. The standard InChI is InChI=1S/C19H27N5O/c1-16-20-19-15-23(9-10-24(19)21-16)14-18-13-22(8-5-11-25-18)12-17-6-3-2-4-7-17/h2-4,6-7,18H,5,8-15H2,1H3/t18-/m1/s1. The Balaban J connectivity index is 1.35. The van der Waals surface area contributed by atoms with E-state index in [4.69, 9.17) is 4.74 Å². The van der Waals surface area contributed by atoms with Crippen LogP contribution in [0, 0.1) is 6.92 Å². The molecular weight excluding hydrogens is 314 g/mol. The minimum Gasteiger partial charge on any atom is -0.376 e. The summed E-state index contributed by atoms with van der Waals surface area (Å²) in [4.78, 5) is 9.53. The van der Waals surface area contributed by atoms with Gasteiger partial charge in [-0.3, -0.25) is 9.80 Å². The zero-order valence-electron chi connectivity index (χ0n) is 15.0. The van der Waals surface area contributed by atoms with Crippen LogP contribution in [-0.4, -0.2) is 63.5 Å². The topological polar surface area (TPSA) is 46.4 Å². The Morgan fingerprint density at radius 3 is 2.88 bits per heavy atom. The molecule has 0 bridgehead atoms. The van der Waals surface area contributed by atoms with Crippen molar-refractivity contribution in [2.75, 3.05) is 32.8 Å². The number of rotatable bonds is 4. The molecule has 1 atom stereocenters. The van der Waals surface area contributed by atoms with Crippen molar-refractivity contribution in [2.45, 2.75) is 39.1 Å². The Labute approximate surface area is 149 Å². The Morgan fingerprint density at radius 2 is 2.00 bits per heavy atom. The van der Waals surface area contributed by atoms with Crippen molar-refractivity contribution in [3.63, 3.8) is 0 Å². The van der Waals surface area contributed by atoms with E-state index in [1.807, 2.05) is 11.6 Å². The van der Waals surface area contributed by atoms with Gasteiger partial charge in [-0.25, -0.2) is 9.67 Å². The number of aromatic nitrogens is 3. The largest absolute Gasteiger partial charge is 0.376 e. The Hall–Kier alpha value is -1.76. The zero-order chi connectivity index (χ0) is 17.1. The summed E-state index contributed by atoms with van der Waals surface area (Å²) in [6, 6.07) is 10.7. The van der Waals surface area contributed by atoms with E-state index in [0.717, 1.165) is 70.5 Å². The van der Waals surface area contributed by atoms with Gasteiger partial charge in [0.2, 0.25) is 0 Å². The SMILES string of the molecule is Cc1nc2n(n1)CCN(C[C@H]1CN(Cc3ccccc3)CCCO1)C2. The molecule has 0 saturated carbocycles. The first-order chi connectivity index (χ1) is 12.3. The molecule has 25 heavy (non-hydrogen) atoms. The van der Waals surface area contributed by atoms with E-state index in [0.29, 0.717) is 0 Å². The van der Waals surface area contributed by atoms with Gasteiger partial charge in [0.15, 0.2) is 0 Å². The van der Waals surface area contributed by atoms with Crippen LogP contribution in [0.5, 0.6) is 0 Å². The molecule has 0 aliphatic carbocycles. The highest BCUT2D eigenvalue weighted by atomic mass is 16.5. The third-order valence-corrected chi connectivity index (χ3v) is 4.99. The molecule has 134 valence electrons. The Morgan fingerprint density at radius 1 is 1.12 bits per heavy atom. The average molecular weight is 341 g/mol. The molecule has 0 N–H and O–H groups in total. The molecule has 0 spiro atoms. The van der Waals surface area contributed by atoms with Crippen molar-refractivity contribution in [2.24, 2.45) is 0 Å². The molecule has 3 heterocycles. The second kappa shape index (κ2) is 7.64. The molecule has 6 nitrogen and oxygen atoms in total. The number of aryl methyl sites for hydroxylation is 1. The molecule has 0 radical (unpaired) electrons. The molecule has 1 saturated heterocycles. The van der Waals surface area contributed by atoms with Crippen LogP contribution in [0.1, 0.15) is 23.6 Å². The summed E-state index contributed by atoms with van der Waals surface area (Å²) in [5.41, 5.74) is 1.38. The fourth-order valence-electron chi connectivity index (χ4n) is 3.82. The number of ether oxygens (including phenoxy) is 1. The fourth-order valence-corrected chi connectivity index (χ4v) is 3.82. The first-order valence-corrected chi connectivity index (χ1v) is 9.27. The second-order valence-electron chi connectivity index (χ2n) is 7.10. The highest BCUT2D eigenvalue weighted by Crippen LogP contribution is 2.15. The first kappa shape index (κ1) is 16.7. The monoisotopic (exact) mass is 341 g/mol. The first-order valence-electron chi connectivity index (χ1n) is 9.27. The predicted octanol–water partition coefficient (Wildman–Crippen LogP) is 1.69. The van der Waals surface area contributed by atoms with Crippen LogP contribution in [-0.2, 0) is 24.4 Å². The number of nitrogens with zero attached hydrogens (tertiary/aromatic N) is 5. The van der Waals surface area contributed by atoms with Crippen molar-refractivity contribution in [1.82, 2.24) is 24.6 Å². The van der Waals surface area contributed by atoms with Crippen LogP contribution in [0.2, 0.25) is 0 Å². The van der Waals surface area contributed by atoms with E-state index in [-0.39, 0.29) is 6.10 Å². The van der Waals surface area contributed by atoms with Crippen LogP contribution < -0.4 is 0 Å². The van der Waals surface area contributed by atoms with Gasteiger partial charge in [-0.1, -0.05) is 30.3 Å². The number of hydrogen-bond acceptors (Lipinski definition) is 5. The highest BCUT2D eigenvalue weighted by molar-refractivity contribution is 5.14. The molecule has 1 fully saturated rings. The maximum Gasteiger partial charge on any atom is 0.147 e. The number of benzene rings is 1. The smallest absolute Gasteiger partial charge is 0.147 e. The lowest BCUT2D eigenvalue weighted by Gasteiger charge is -2.31. The molecular formula is C19H27N5O. The maximum absolute atomic E-state index is 6.14. The van der Waals surface area contributed by atoms with Gasteiger partial charge < -0.3 is 4.74 Å². The minimum atomic E-state index is 0.266. The zero-order valence-corrected chi connectivity index (χ0v) is 15.0. The third kappa shape index (κ3) is 4.26. The van der Waals surface area contributed by atoms with Gasteiger partial charge in [0.05, 0.1) is 19.2 Å². The van der Waals surface area contributed by atoms with E-state index in [1.54, 1.807) is 0 Å². The van der Waals surface area contributed by atoms with Gasteiger partial charge in [-0.2, -0.15) is 5.10 Å². The van der Waals surface area contributed by atoms with E-state index in [9.17, 15) is 0 Å². The fraction of sp³-hybridized carbons (Fsp3) is 0.579. The molecule has 1 aromatic heterocycles. The number of fused-ring (bicyclic) bond motifs is 1. The number of hydrogen-bond donors (Lipinski definition) is 0. The van der Waals surface area contributed by atoms with Crippen LogP contribution in [0.3, 0.4) is 0 Å². The molecule has 2 aliphatic heterocycles. The lowest BCUT2D eigenvalue weighted by Crippen LogP contribution is -2.43. The van der Waals surface area contributed by atoms with Gasteiger partial charge in [-0.05, 0) is 18.9 Å². The minimum absolute atomic E-state index is 0.266. The molecule has 6 heteroatoms. The molecule has 0 unspecified atom stereocenters. The van der Waals surface area contributed by atoms with Crippen molar-refractivity contribution in [3.05, 3.63) is 47.5 Å². The van der Waals surface area contributed by atoms with Crippen LogP contribution in [0.15, 0.2) is 30.3 Å². The molecule has 2 aliphatic rings. The molecule has 0 amide bonds. The normalized spacial score (nSPS) is 22.5. The van der Waals surface area contributed by atoms with Crippen LogP contribution >= 0.6 is 0 Å². The van der Waals surface area contributed by atoms with Gasteiger partial charge in [-0.15, -0.1) is 0 Å². The summed E-state index contributed by atoms with van der Waals surface area (Å²) in [5, 5.41) is 4.45. The second-order valence-corrected chi connectivity index (χ2v) is 7.10. The summed E-state index contributed by atoms with van der Waals surface area (Å²) < 4.78 is 8.18. The van der Waals surface area contributed by atoms with Crippen molar-refractivity contribution >= 4 is 0 Å². The summed E-state index contributed by atoms with van der Waals surface area (Å²) in [6.45, 7) is 9.73. The molecule has 1 aromatic carbocycles. The van der Waals surface area contributed by atoms with E-state index >= 15 is 0 Å². The van der Waals surface area contributed by atoms with Gasteiger partial charge in [0.25, 0.3) is 0 Å². The third-order valence-electron chi connectivity index (χ3n) is 4.99. The highest BCUT2D eigenvalue weighted by Gasteiger charge is 2.25. The summed E-state index contributed by atoms with van der Waals surface area (Å²) in [5.74, 6) is 1.95. The van der Waals surface area contributed by atoms with Gasteiger partial charge in [0.1, 0.15) is 11.6 Å². The predicted molar refractivity (Wildman–Crippen MR) is 96.1 cm³/mol. The van der Waals surface area contributed by atoms with Gasteiger partial charge in [0, 0.05) is 39.3 Å². The van der Waals surface area contributed by atoms with Crippen LogP contribution in [0.25, 0.3) is 0 Å². The van der Waals surface area contributed by atoms with E-state index in [2.05, 4.69) is 50.2 Å². The maximum atomic E-state index is 6.14.